The van der Waals surface area contributed by atoms with Gasteiger partial charge in [-0.25, -0.2) is 4.79 Å². The molecule has 0 saturated heterocycles. The number of aliphatic carboxylic acids is 1. The first-order valence-electron chi connectivity index (χ1n) is 9.74. The van der Waals surface area contributed by atoms with E-state index in [2.05, 4.69) is 0 Å². The maximum absolute atomic E-state index is 12.7. The fraction of sp³-hybridized carbons (Fsp3) is 0.333. The van der Waals surface area contributed by atoms with Gasteiger partial charge in [0.1, 0.15) is 11.5 Å². The zero-order valence-corrected chi connectivity index (χ0v) is 18.7. The summed E-state index contributed by atoms with van der Waals surface area (Å²) in [4.78, 5) is 24.8. The Morgan fingerprint density at radius 3 is 2.33 bits per heavy atom. The molecule has 158 valence electrons. The van der Waals surface area contributed by atoms with Gasteiger partial charge >= 0.3 is 5.97 Å². The van der Waals surface area contributed by atoms with Gasteiger partial charge < -0.3 is 14.6 Å². The Bertz CT molecular complexity index is 1090. The molecule has 3 rings (SSSR count). The van der Waals surface area contributed by atoms with Crippen molar-refractivity contribution in [1.29, 1.82) is 0 Å². The van der Waals surface area contributed by atoms with E-state index in [9.17, 15) is 14.7 Å². The van der Waals surface area contributed by atoms with Crippen LogP contribution in [-0.4, -0.2) is 29.6 Å². The smallest absolute Gasteiger partial charge is 0.347 e. The van der Waals surface area contributed by atoms with Gasteiger partial charge in [-0.1, -0.05) is 12.1 Å². The van der Waals surface area contributed by atoms with Gasteiger partial charge in [0, 0.05) is 11.1 Å². The second-order valence-electron chi connectivity index (χ2n) is 7.91. The second-order valence-corrected chi connectivity index (χ2v) is 9.00. The van der Waals surface area contributed by atoms with Crippen LogP contribution < -0.4 is 9.47 Å². The summed E-state index contributed by atoms with van der Waals surface area (Å²) in [7, 11) is 1.63. The second kappa shape index (κ2) is 8.48. The zero-order valence-electron chi connectivity index (χ0n) is 17.9. The molecule has 0 saturated carbocycles. The Morgan fingerprint density at radius 2 is 1.73 bits per heavy atom. The molecule has 0 aliphatic heterocycles. The molecule has 3 aromatic rings. The third-order valence-corrected chi connectivity index (χ3v) is 6.19. The third kappa shape index (κ3) is 4.65. The van der Waals surface area contributed by atoms with Crippen molar-refractivity contribution in [3.05, 3.63) is 58.0 Å². The summed E-state index contributed by atoms with van der Waals surface area (Å²) >= 11 is 1.50. The van der Waals surface area contributed by atoms with Crippen molar-refractivity contribution in [2.45, 2.75) is 46.1 Å². The van der Waals surface area contributed by atoms with E-state index in [1.165, 1.54) is 25.2 Å². The fourth-order valence-electron chi connectivity index (χ4n) is 3.31. The van der Waals surface area contributed by atoms with Gasteiger partial charge in [0.05, 0.1) is 12.0 Å². The summed E-state index contributed by atoms with van der Waals surface area (Å²) in [5, 5.41) is 10.3. The first-order chi connectivity index (χ1) is 14.1. The Labute approximate surface area is 180 Å². The number of carboxylic acids is 1. The number of ketones is 1. The number of hydrogen-bond donors (Lipinski definition) is 1. The number of carbonyl (C=O) groups is 2. The quantitative estimate of drug-likeness (QED) is 0.476. The van der Waals surface area contributed by atoms with E-state index in [0.29, 0.717) is 18.6 Å². The van der Waals surface area contributed by atoms with E-state index in [-0.39, 0.29) is 5.78 Å². The average Bonchev–Trinajstić information content (AvgIpc) is 3.12. The minimum absolute atomic E-state index is 0.109. The Balaban J connectivity index is 1.72. The van der Waals surface area contributed by atoms with Crippen LogP contribution in [-0.2, 0) is 11.2 Å². The summed E-state index contributed by atoms with van der Waals surface area (Å²) < 4.78 is 12.1. The number of ether oxygens (including phenoxy) is 2. The standard InChI is InChI=1S/C24H26O5S/c1-14-10-16(11-15(2)22(14)29-24(3,4)23(26)27)6-8-19(25)21-13-17-12-18(28-5)7-9-20(17)30-21/h7,9-13H,6,8H2,1-5H3,(H,26,27). The monoisotopic (exact) mass is 426 g/mol. The number of Topliss-reactive ketones (excluding diaryl/α,β-unsaturated/α-hetero) is 1. The Morgan fingerprint density at radius 1 is 1.07 bits per heavy atom. The van der Waals surface area contributed by atoms with Crippen molar-refractivity contribution < 1.29 is 24.2 Å². The van der Waals surface area contributed by atoms with Crippen molar-refractivity contribution >= 4 is 33.2 Å². The van der Waals surface area contributed by atoms with Gasteiger partial charge in [0.2, 0.25) is 0 Å². The number of aryl methyl sites for hydroxylation is 3. The van der Waals surface area contributed by atoms with Gasteiger partial charge in [0.25, 0.3) is 0 Å². The van der Waals surface area contributed by atoms with Crippen LogP contribution >= 0.6 is 11.3 Å². The minimum atomic E-state index is -1.31. The van der Waals surface area contributed by atoms with Crippen LogP contribution in [0.5, 0.6) is 11.5 Å². The van der Waals surface area contributed by atoms with Gasteiger partial charge in [-0.2, -0.15) is 0 Å². The molecule has 0 amide bonds. The highest BCUT2D eigenvalue weighted by Crippen LogP contribution is 2.31. The molecule has 0 atom stereocenters. The lowest BCUT2D eigenvalue weighted by Crippen LogP contribution is -2.38. The Kier molecular flexibility index (Phi) is 6.17. The van der Waals surface area contributed by atoms with E-state index >= 15 is 0 Å². The SMILES string of the molecule is COc1ccc2sc(C(=O)CCc3cc(C)c(OC(C)(C)C(=O)O)c(C)c3)cc2c1. The molecule has 1 aromatic heterocycles. The van der Waals surface area contributed by atoms with Crippen molar-refractivity contribution in [3.63, 3.8) is 0 Å². The molecule has 2 aromatic carbocycles. The summed E-state index contributed by atoms with van der Waals surface area (Å²) in [6, 6.07) is 11.7. The highest BCUT2D eigenvalue weighted by molar-refractivity contribution is 7.20. The van der Waals surface area contributed by atoms with E-state index < -0.39 is 11.6 Å². The van der Waals surface area contributed by atoms with Crippen LogP contribution in [0.3, 0.4) is 0 Å². The van der Waals surface area contributed by atoms with Crippen molar-refractivity contribution in [1.82, 2.24) is 0 Å². The van der Waals surface area contributed by atoms with Crippen LogP contribution in [0.25, 0.3) is 10.1 Å². The fourth-order valence-corrected chi connectivity index (χ4v) is 4.32. The van der Waals surface area contributed by atoms with E-state index in [0.717, 1.165) is 37.4 Å². The maximum Gasteiger partial charge on any atom is 0.347 e. The molecular weight excluding hydrogens is 400 g/mol. The molecule has 30 heavy (non-hydrogen) atoms. The number of methoxy groups -OCH3 is 1. The van der Waals surface area contributed by atoms with Gasteiger partial charge in [-0.3, -0.25) is 4.79 Å². The summed E-state index contributed by atoms with van der Waals surface area (Å²) in [6.45, 7) is 6.85. The predicted octanol–water partition coefficient (Wildman–Crippen LogP) is 5.58. The summed E-state index contributed by atoms with van der Waals surface area (Å²) in [5.41, 5.74) is 1.44. The van der Waals surface area contributed by atoms with Crippen LogP contribution in [0.15, 0.2) is 36.4 Å². The maximum atomic E-state index is 12.7. The number of hydrogen-bond acceptors (Lipinski definition) is 5. The summed E-state index contributed by atoms with van der Waals surface area (Å²) in [6.07, 6.45) is 1.02. The molecule has 0 fully saturated rings. The van der Waals surface area contributed by atoms with Gasteiger partial charge in [0.15, 0.2) is 11.4 Å². The van der Waals surface area contributed by atoms with Crippen LogP contribution in [0.4, 0.5) is 0 Å². The molecule has 0 spiro atoms. The molecule has 0 bridgehead atoms. The highest BCUT2D eigenvalue weighted by Gasteiger charge is 2.30. The van der Waals surface area contributed by atoms with Crippen LogP contribution in [0.2, 0.25) is 0 Å². The number of thiophene rings is 1. The molecule has 0 aliphatic carbocycles. The lowest BCUT2D eigenvalue weighted by atomic mass is 10.00. The normalized spacial score (nSPS) is 11.5. The lowest BCUT2D eigenvalue weighted by molar-refractivity contribution is -0.152. The number of fused-ring (bicyclic) bond motifs is 1. The van der Waals surface area contributed by atoms with E-state index in [4.69, 9.17) is 9.47 Å². The molecule has 5 nitrogen and oxygen atoms in total. The van der Waals surface area contributed by atoms with Crippen LogP contribution in [0.1, 0.15) is 46.6 Å². The number of benzene rings is 2. The molecule has 0 radical (unpaired) electrons. The molecule has 1 N–H and O–H groups in total. The number of carbonyl (C=O) groups excluding carboxylic acids is 1. The largest absolute Gasteiger partial charge is 0.497 e. The first-order valence-corrected chi connectivity index (χ1v) is 10.6. The molecule has 6 heteroatoms. The summed E-state index contributed by atoms with van der Waals surface area (Å²) in [5.74, 6) is 0.448. The minimum Gasteiger partial charge on any atom is -0.497 e. The molecule has 1 heterocycles. The number of rotatable bonds is 8. The van der Waals surface area contributed by atoms with Crippen LogP contribution in [0, 0.1) is 13.8 Å². The Hall–Kier alpha value is -2.86. The molecule has 0 unspecified atom stereocenters. The third-order valence-electron chi connectivity index (χ3n) is 5.03. The first kappa shape index (κ1) is 21.8. The average molecular weight is 427 g/mol. The predicted molar refractivity (Wildman–Crippen MR) is 119 cm³/mol. The van der Waals surface area contributed by atoms with Gasteiger partial charge in [-0.05, 0) is 80.5 Å². The highest BCUT2D eigenvalue weighted by atomic mass is 32.1. The van der Waals surface area contributed by atoms with Crippen molar-refractivity contribution in [2.24, 2.45) is 0 Å². The van der Waals surface area contributed by atoms with Crippen molar-refractivity contribution in [3.8, 4) is 11.5 Å². The molecular formula is C24H26O5S. The topological polar surface area (TPSA) is 72.8 Å². The molecule has 0 aliphatic rings. The number of carboxylic acid groups (broad SMARTS) is 1. The van der Waals surface area contributed by atoms with Crippen molar-refractivity contribution in [2.75, 3.05) is 7.11 Å². The van der Waals surface area contributed by atoms with E-state index in [1.54, 1.807) is 7.11 Å². The van der Waals surface area contributed by atoms with Gasteiger partial charge in [-0.15, -0.1) is 11.3 Å². The lowest BCUT2D eigenvalue weighted by Gasteiger charge is -2.24. The van der Waals surface area contributed by atoms with E-state index in [1.807, 2.05) is 50.2 Å². The zero-order chi connectivity index (χ0) is 22.1.